The van der Waals surface area contributed by atoms with Crippen LogP contribution in [0.2, 0.25) is 10.0 Å². The van der Waals surface area contributed by atoms with E-state index in [0.717, 1.165) is 17.1 Å². The van der Waals surface area contributed by atoms with Gasteiger partial charge in [-0.25, -0.2) is 0 Å². The number of amides is 1. The van der Waals surface area contributed by atoms with Crippen LogP contribution in [-0.2, 0) is 11.2 Å². The molecule has 29 heavy (non-hydrogen) atoms. The Labute approximate surface area is 182 Å². The summed E-state index contributed by atoms with van der Waals surface area (Å²) >= 11 is 13.4. The van der Waals surface area contributed by atoms with Crippen LogP contribution in [0, 0.1) is 17.2 Å². The third kappa shape index (κ3) is 5.24. The second kappa shape index (κ2) is 9.23. The number of carbonyl (C=O) groups excluding carboxylic acids is 1. The van der Waals surface area contributed by atoms with Gasteiger partial charge >= 0.3 is 0 Å². The fourth-order valence-corrected chi connectivity index (χ4v) is 3.82. The number of nitrogens with zero attached hydrogens (tertiary/aromatic N) is 4. The van der Waals surface area contributed by atoms with Crippen molar-refractivity contribution in [2.45, 2.75) is 20.3 Å². The lowest BCUT2D eigenvalue weighted by molar-refractivity contribution is -0.112. The van der Waals surface area contributed by atoms with Crippen LogP contribution in [0.3, 0.4) is 0 Å². The minimum absolute atomic E-state index is 0.0504. The van der Waals surface area contributed by atoms with Gasteiger partial charge in [0, 0.05) is 24.0 Å². The van der Waals surface area contributed by atoms with E-state index in [4.69, 9.17) is 23.2 Å². The Balaban J connectivity index is 1.82. The average molecular weight is 446 g/mol. The normalized spacial score (nSPS) is 11.5. The topological polar surface area (TPSA) is 83.6 Å². The molecular weight excluding hydrogens is 429 g/mol. The molecule has 2 heterocycles. The van der Waals surface area contributed by atoms with Crippen LogP contribution in [0.4, 0.5) is 5.13 Å². The van der Waals surface area contributed by atoms with Gasteiger partial charge in [0.15, 0.2) is 0 Å². The number of carbonyl (C=O) groups is 1. The number of benzene rings is 1. The Hall–Kier alpha value is -2.66. The maximum absolute atomic E-state index is 12.5. The summed E-state index contributed by atoms with van der Waals surface area (Å²) in [6.07, 6.45) is 4.10. The molecule has 2 aromatic heterocycles. The van der Waals surface area contributed by atoms with Crippen molar-refractivity contribution in [2.24, 2.45) is 5.92 Å². The highest BCUT2D eigenvalue weighted by Gasteiger charge is 2.14. The molecule has 0 saturated heterocycles. The van der Waals surface area contributed by atoms with Crippen molar-refractivity contribution in [2.75, 3.05) is 5.32 Å². The van der Waals surface area contributed by atoms with E-state index in [0.29, 0.717) is 26.8 Å². The van der Waals surface area contributed by atoms with Crippen LogP contribution < -0.4 is 5.32 Å². The van der Waals surface area contributed by atoms with Crippen molar-refractivity contribution >= 4 is 51.7 Å². The Morgan fingerprint density at radius 1 is 1.31 bits per heavy atom. The maximum Gasteiger partial charge on any atom is 0.268 e. The van der Waals surface area contributed by atoms with Crippen LogP contribution in [0.25, 0.3) is 11.8 Å². The zero-order valence-electron chi connectivity index (χ0n) is 15.7. The molecule has 0 fully saturated rings. The minimum Gasteiger partial charge on any atom is -0.317 e. The van der Waals surface area contributed by atoms with Crippen molar-refractivity contribution in [3.63, 3.8) is 0 Å². The van der Waals surface area contributed by atoms with Gasteiger partial charge in [-0.15, -0.1) is 10.2 Å². The lowest BCUT2D eigenvalue weighted by atomic mass is 10.1. The van der Waals surface area contributed by atoms with Crippen LogP contribution in [0.1, 0.15) is 24.5 Å². The second-order valence-corrected chi connectivity index (χ2v) is 8.50. The summed E-state index contributed by atoms with van der Waals surface area (Å²) in [5, 5.41) is 22.2. The molecule has 9 heteroatoms. The van der Waals surface area contributed by atoms with Gasteiger partial charge in [-0.2, -0.15) is 5.26 Å². The van der Waals surface area contributed by atoms with Crippen LogP contribution in [0.15, 0.2) is 42.1 Å². The Bertz CT molecular complexity index is 1110. The number of nitrogens with one attached hydrogen (secondary N) is 1. The lowest BCUT2D eigenvalue weighted by Gasteiger charge is -2.08. The molecule has 0 aliphatic heterocycles. The molecule has 0 radical (unpaired) electrons. The summed E-state index contributed by atoms with van der Waals surface area (Å²) in [6.45, 7) is 4.16. The largest absolute Gasteiger partial charge is 0.317 e. The molecule has 0 aliphatic rings. The third-order valence-electron chi connectivity index (χ3n) is 3.89. The van der Waals surface area contributed by atoms with Gasteiger partial charge in [0.1, 0.15) is 16.6 Å². The molecule has 1 aromatic carbocycles. The Morgan fingerprint density at radius 2 is 2.10 bits per heavy atom. The highest BCUT2D eigenvalue weighted by molar-refractivity contribution is 7.15. The first kappa shape index (κ1) is 21.1. The van der Waals surface area contributed by atoms with E-state index in [1.165, 1.54) is 17.4 Å². The van der Waals surface area contributed by atoms with Gasteiger partial charge in [-0.1, -0.05) is 48.4 Å². The van der Waals surface area contributed by atoms with Crippen LogP contribution >= 0.6 is 34.5 Å². The van der Waals surface area contributed by atoms with E-state index in [1.54, 1.807) is 35.0 Å². The molecule has 148 valence electrons. The van der Waals surface area contributed by atoms with Gasteiger partial charge in [0.05, 0.1) is 10.0 Å². The first-order valence-corrected chi connectivity index (χ1v) is 10.3. The number of anilines is 1. The van der Waals surface area contributed by atoms with Crippen LogP contribution in [0.5, 0.6) is 0 Å². The highest BCUT2D eigenvalue weighted by atomic mass is 35.5. The summed E-state index contributed by atoms with van der Waals surface area (Å²) < 4.78 is 1.80. The molecule has 0 atom stereocenters. The maximum atomic E-state index is 12.5. The predicted molar refractivity (Wildman–Crippen MR) is 116 cm³/mol. The van der Waals surface area contributed by atoms with E-state index < -0.39 is 5.91 Å². The van der Waals surface area contributed by atoms with Crippen molar-refractivity contribution in [1.82, 2.24) is 14.8 Å². The number of aromatic nitrogens is 3. The van der Waals surface area contributed by atoms with E-state index in [1.807, 2.05) is 12.1 Å². The summed E-state index contributed by atoms with van der Waals surface area (Å²) in [5.41, 5.74) is 1.36. The molecule has 1 N–H and O–H groups in total. The molecule has 0 aliphatic carbocycles. The van der Waals surface area contributed by atoms with Gasteiger partial charge in [0.25, 0.3) is 5.91 Å². The monoisotopic (exact) mass is 445 g/mol. The van der Waals surface area contributed by atoms with E-state index in [9.17, 15) is 10.1 Å². The highest BCUT2D eigenvalue weighted by Crippen LogP contribution is 2.26. The molecular formula is C20H17Cl2N5OS. The fraction of sp³-hybridized carbons (Fsp3) is 0.200. The second-order valence-electron chi connectivity index (χ2n) is 6.62. The molecule has 0 unspecified atom stereocenters. The molecule has 6 nitrogen and oxygen atoms in total. The van der Waals surface area contributed by atoms with Crippen molar-refractivity contribution < 1.29 is 4.79 Å². The minimum atomic E-state index is -0.540. The Kier molecular flexibility index (Phi) is 6.70. The van der Waals surface area contributed by atoms with E-state index in [2.05, 4.69) is 29.4 Å². The van der Waals surface area contributed by atoms with Gasteiger partial charge in [-0.3, -0.25) is 10.1 Å². The number of halogens is 2. The third-order valence-corrected chi connectivity index (χ3v) is 5.49. The SMILES string of the molecule is CC(C)Cc1nnc(NC(=O)/C(C#N)=C\c2cccn2-c2ccc(Cl)c(Cl)c2)s1. The molecule has 0 bridgehead atoms. The summed E-state index contributed by atoms with van der Waals surface area (Å²) in [4.78, 5) is 12.5. The standard InChI is InChI=1S/C20H17Cl2N5OS/c1-12(2)8-18-25-26-20(29-18)24-19(28)13(11-23)9-14-4-3-7-27(14)15-5-6-16(21)17(22)10-15/h3-7,9-10,12H,8H2,1-2H3,(H,24,26,28)/b13-9-. The summed E-state index contributed by atoms with van der Waals surface area (Å²) in [6, 6.07) is 10.7. The lowest BCUT2D eigenvalue weighted by Crippen LogP contribution is -2.13. The van der Waals surface area contributed by atoms with E-state index in [-0.39, 0.29) is 5.57 Å². The Morgan fingerprint density at radius 3 is 2.79 bits per heavy atom. The average Bonchev–Trinajstić information content (AvgIpc) is 3.30. The fourth-order valence-electron chi connectivity index (χ4n) is 2.58. The quantitative estimate of drug-likeness (QED) is 0.407. The molecule has 0 spiro atoms. The van der Waals surface area contributed by atoms with E-state index >= 15 is 0 Å². The van der Waals surface area contributed by atoms with Crippen molar-refractivity contribution in [1.29, 1.82) is 5.26 Å². The smallest absolute Gasteiger partial charge is 0.268 e. The van der Waals surface area contributed by atoms with Crippen molar-refractivity contribution in [3.05, 3.63) is 62.8 Å². The number of hydrogen-bond donors (Lipinski definition) is 1. The van der Waals surface area contributed by atoms with Crippen molar-refractivity contribution in [3.8, 4) is 11.8 Å². The van der Waals surface area contributed by atoms with Gasteiger partial charge in [0.2, 0.25) is 5.13 Å². The number of hydrogen-bond acceptors (Lipinski definition) is 5. The van der Waals surface area contributed by atoms with Crippen LogP contribution in [-0.4, -0.2) is 20.7 Å². The zero-order valence-corrected chi connectivity index (χ0v) is 18.0. The summed E-state index contributed by atoms with van der Waals surface area (Å²) in [5.74, 6) is -0.100. The first-order chi connectivity index (χ1) is 13.9. The summed E-state index contributed by atoms with van der Waals surface area (Å²) in [7, 11) is 0. The van der Waals surface area contributed by atoms with Gasteiger partial charge < -0.3 is 4.57 Å². The molecule has 3 rings (SSSR count). The molecule has 3 aromatic rings. The van der Waals surface area contributed by atoms with Gasteiger partial charge in [-0.05, 0) is 42.3 Å². The zero-order chi connectivity index (χ0) is 21.0. The number of rotatable bonds is 6. The first-order valence-electron chi connectivity index (χ1n) is 8.75. The number of nitriles is 1. The molecule has 0 saturated carbocycles. The molecule has 1 amide bonds. The predicted octanol–water partition coefficient (Wildman–Crippen LogP) is 5.38.